The van der Waals surface area contributed by atoms with Gasteiger partial charge >= 0.3 is 0 Å². The van der Waals surface area contributed by atoms with Crippen molar-refractivity contribution in [3.8, 4) is 11.3 Å². The topological polar surface area (TPSA) is 33.5 Å². The zero-order valence-corrected chi connectivity index (χ0v) is 17.2. The van der Waals surface area contributed by atoms with E-state index in [0.717, 1.165) is 12.0 Å². The van der Waals surface area contributed by atoms with E-state index in [1.165, 1.54) is 17.3 Å². The summed E-state index contributed by atoms with van der Waals surface area (Å²) in [5.41, 5.74) is 2.00. The van der Waals surface area contributed by atoms with E-state index < -0.39 is 0 Å². The summed E-state index contributed by atoms with van der Waals surface area (Å²) in [4.78, 5) is 15.0. The highest BCUT2D eigenvalue weighted by Crippen LogP contribution is 2.34. The van der Waals surface area contributed by atoms with Crippen LogP contribution in [0.1, 0.15) is 11.3 Å². The van der Waals surface area contributed by atoms with Crippen molar-refractivity contribution >= 4 is 51.9 Å². The quantitative estimate of drug-likeness (QED) is 0.368. The SMILES string of the molecule is O=C1C(=Cc2ccc(-c3ccccc3Cl)o2)SC(=S)N1CCc1ccccc1. The van der Waals surface area contributed by atoms with Gasteiger partial charge in [-0.2, -0.15) is 0 Å². The minimum absolute atomic E-state index is 0.0818. The van der Waals surface area contributed by atoms with E-state index in [-0.39, 0.29) is 5.91 Å². The Bertz CT molecular complexity index is 1060. The lowest BCUT2D eigenvalue weighted by Crippen LogP contribution is -2.30. The van der Waals surface area contributed by atoms with E-state index in [1.54, 1.807) is 11.0 Å². The number of halogens is 1. The van der Waals surface area contributed by atoms with Crippen LogP contribution in [-0.2, 0) is 11.2 Å². The van der Waals surface area contributed by atoms with Crippen LogP contribution in [0, 0.1) is 0 Å². The third-order valence-corrected chi connectivity index (χ3v) is 6.09. The van der Waals surface area contributed by atoms with Crippen molar-refractivity contribution in [2.75, 3.05) is 6.54 Å². The number of thioether (sulfide) groups is 1. The second kappa shape index (κ2) is 8.35. The summed E-state index contributed by atoms with van der Waals surface area (Å²) < 4.78 is 6.45. The number of nitrogens with zero attached hydrogens (tertiary/aromatic N) is 1. The molecule has 0 bridgehead atoms. The molecule has 2 heterocycles. The Morgan fingerprint density at radius 1 is 1.04 bits per heavy atom. The molecule has 0 atom stereocenters. The van der Waals surface area contributed by atoms with Gasteiger partial charge < -0.3 is 4.42 Å². The Hall–Kier alpha value is -2.34. The molecule has 140 valence electrons. The lowest BCUT2D eigenvalue weighted by Gasteiger charge is -2.14. The number of thiocarbonyl (C=S) groups is 1. The molecule has 0 radical (unpaired) electrons. The largest absolute Gasteiger partial charge is 0.457 e. The normalized spacial score (nSPS) is 15.6. The Labute approximate surface area is 178 Å². The number of hydrogen-bond acceptors (Lipinski definition) is 4. The minimum Gasteiger partial charge on any atom is -0.457 e. The molecule has 0 saturated carbocycles. The number of furan rings is 1. The van der Waals surface area contributed by atoms with Crippen molar-refractivity contribution in [2.45, 2.75) is 6.42 Å². The van der Waals surface area contributed by atoms with Gasteiger partial charge in [-0.3, -0.25) is 9.69 Å². The Morgan fingerprint density at radius 2 is 1.79 bits per heavy atom. The first kappa shape index (κ1) is 19.0. The Balaban J connectivity index is 1.49. The molecule has 1 aliphatic heterocycles. The highest BCUT2D eigenvalue weighted by atomic mass is 35.5. The molecule has 1 amide bonds. The second-order valence-corrected chi connectivity index (χ2v) is 8.33. The molecule has 0 unspecified atom stereocenters. The maximum atomic E-state index is 12.8. The number of benzene rings is 2. The molecule has 1 aromatic heterocycles. The zero-order valence-electron chi connectivity index (χ0n) is 14.8. The highest BCUT2D eigenvalue weighted by Gasteiger charge is 2.31. The summed E-state index contributed by atoms with van der Waals surface area (Å²) in [6.07, 6.45) is 2.50. The van der Waals surface area contributed by atoms with Gasteiger partial charge in [0.15, 0.2) is 0 Å². The Kier molecular flexibility index (Phi) is 5.67. The number of hydrogen-bond donors (Lipinski definition) is 0. The molecule has 2 aromatic carbocycles. The van der Waals surface area contributed by atoms with E-state index in [4.69, 9.17) is 28.2 Å². The molecule has 0 aliphatic carbocycles. The maximum absolute atomic E-state index is 12.8. The van der Waals surface area contributed by atoms with Crippen molar-refractivity contribution < 1.29 is 9.21 Å². The summed E-state index contributed by atoms with van der Waals surface area (Å²) in [5, 5.41) is 0.621. The van der Waals surface area contributed by atoms with Crippen LogP contribution in [0.3, 0.4) is 0 Å². The first-order valence-corrected chi connectivity index (χ1v) is 10.4. The van der Waals surface area contributed by atoms with Crippen LogP contribution < -0.4 is 0 Å². The van der Waals surface area contributed by atoms with Gasteiger partial charge in [0.25, 0.3) is 5.91 Å². The van der Waals surface area contributed by atoms with E-state index in [0.29, 0.717) is 32.3 Å². The van der Waals surface area contributed by atoms with Crippen molar-refractivity contribution in [1.82, 2.24) is 4.90 Å². The average Bonchev–Trinajstić information content (AvgIpc) is 3.26. The molecule has 6 heteroatoms. The van der Waals surface area contributed by atoms with Crippen LogP contribution in [0.2, 0.25) is 5.02 Å². The summed E-state index contributed by atoms with van der Waals surface area (Å²) >= 11 is 12.9. The number of amides is 1. The highest BCUT2D eigenvalue weighted by molar-refractivity contribution is 8.26. The van der Waals surface area contributed by atoms with Gasteiger partial charge in [0.1, 0.15) is 15.8 Å². The molecule has 1 fully saturated rings. The van der Waals surface area contributed by atoms with Gasteiger partial charge in [-0.1, -0.05) is 78.0 Å². The third-order valence-electron chi connectivity index (χ3n) is 4.38. The van der Waals surface area contributed by atoms with Crippen molar-refractivity contribution in [2.24, 2.45) is 0 Å². The standard InChI is InChI=1S/C22H16ClNO2S2/c23-18-9-5-4-8-17(18)19-11-10-16(26-19)14-20-21(25)24(22(27)28-20)13-12-15-6-2-1-3-7-15/h1-11,14H,12-13H2. The average molecular weight is 426 g/mol. The molecule has 0 spiro atoms. The number of rotatable bonds is 5. The van der Waals surface area contributed by atoms with Gasteiger partial charge in [-0.15, -0.1) is 0 Å². The van der Waals surface area contributed by atoms with Crippen molar-refractivity contribution in [3.05, 3.63) is 88.0 Å². The maximum Gasteiger partial charge on any atom is 0.266 e. The number of carbonyl (C=O) groups excluding carboxylic acids is 1. The minimum atomic E-state index is -0.0818. The van der Waals surface area contributed by atoms with E-state index >= 15 is 0 Å². The molecular formula is C22H16ClNO2S2. The molecule has 28 heavy (non-hydrogen) atoms. The van der Waals surface area contributed by atoms with Gasteiger partial charge in [-0.25, -0.2) is 0 Å². The van der Waals surface area contributed by atoms with Crippen LogP contribution in [0.25, 0.3) is 17.4 Å². The second-order valence-electron chi connectivity index (χ2n) is 6.25. The molecule has 3 aromatic rings. The summed E-state index contributed by atoms with van der Waals surface area (Å²) in [7, 11) is 0. The van der Waals surface area contributed by atoms with Crippen LogP contribution in [-0.4, -0.2) is 21.7 Å². The van der Waals surface area contributed by atoms with Gasteiger partial charge in [0.2, 0.25) is 0 Å². The van der Waals surface area contributed by atoms with E-state index in [2.05, 4.69) is 0 Å². The molecule has 1 saturated heterocycles. The van der Waals surface area contributed by atoms with E-state index in [1.807, 2.05) is 66.7 Å². The first-order chi connectivity index (χ1) is 13.6. The zero-order chi connectivity index (χ0) is 19.5. The fourth-order valence-electron chi connectivity index (χ4n) is 2.94. The molecule has 4 rings (SSSR count). The summed E-state index contributed by atoms with van der Waals surface area (Å²) in [6.45, 7) is 0.565. The smallest absolute Gasteiger partial charge is 0.266 e. The van der Waals surface area contributed by atoms with E-state index in [9.17, 15) is 4.79 Å². The summed E-state index contributed by atoms with van der Waals surface area (Å²) in [5.74, 6) is 1.18. The molecular weight excluding hydrogens is 410 g/mol. The monoisotopic (exact) mass is 425 g/mol. The van der Waals surface area contributed by atoms with Crippen molar-refractivity contribution in [1.29, 1.82) is 0 Å². The van der Waals surface area contributed by atoms with Crippen LogP contribution in [0.5, 0.6) is 0 Å². The Morgan fingerprint density at radius 3 is 2.57 bits per heavy atom. The lowest BCUT2D eigenvalue weighted by atomic mass is 10.1. The number of carbonyl (C=O) groups is 1. The first-order valence-electron chi connectivity index (χ1n) is 8.76. The summed E-state index contributed by atoms with van der Waals surface area (Å²) in [6, 6.07) is 21.2. The van der Waals surface area contributed by atoms with Gasteiger partial charge in [0, 0.05) is 18.2 Å². The van der Waals surface area contributed by atoms with Crippen molar-refractivity contribution in [3.63, 3.8) is 0 Å². The molecule has 0 N–H and O–H groups in total. The van der Waals surface area contributed by atoms with Gasteiger partial charge in [-0.05, 0) is 36.2 Å². The van der Waals surface area contributed by atoms with Gasteiger partial charge in [0.05, 0.1) is 9.93 Å². The van der Waals surface area contributed by atoms with Crippen LogP contribution in [0.4, 0.5) is 0 Å². The predicted molar refractivity (Wildman–Crippen MR) is 119 cm³/mol. The molecule has 1 aliphatic rings. The lowest BCUT2D eigenvalue weighted by molar-refractivity contribution is -0.122. The predicted octanol–water partition coefficient (Wildman–Crippen LogP) is 6.04. The van der Waals surface area contributed by atoms with Crippen LogP contribution in [0.15, 0.2) is 76.1 Å². The van der Waals surface area contributed by atoms with Crippen LogP contribution >= 0.6 is 35.6 Å². The fourth-order valence-corrected chi connectivity index (χ4v) is 4.46. The third kappa shape index (κ3) is 4.07. The molecule has 3 nitrogen and oxygen atoms in total. The fraction of sp³-hybridized carbons (Fsp3) is 0.0909.